The van der Waals surface area contributed by atoms with E-state index in [2.05, 4.69) is 5.10 Å². The molecule has 0 N–H and O–H groups in total. The highest BCUT2D eigenvalue weighted by atomic mass is 32.2. The first-order chi connectivity index (χ1) is 11.1. The normalized spacial score (nSPS) is 13.5. The zero-order chi connectivity index (χ0) is 16.0. The maximum atomic E-state index is 13.1. The van der Waals surface area contributed by atoms with Crippen LogP contribution >= 0.6 is 0 Å². The van der Waals surface area contributed by atoms with Crippen molar-refractivity contribution in [1.29, 1.82) is 0 Å². The number of benzene rings is 2. The highest BCUT2D eigenvalue weighted by Crippen LogP contribution is 2.41. The van der Waals surface area contributed by atoms with Crippen molar-refractivity contribution in [2.24, 2.45) is 7.05 Å². The predicted molar refractivity (Wildman–Crippen MR) is 88.5 cm³/mol. The summed E-state index contributed by atoms with van der Waals surface area (Å²) in [6.45, 7) is 0.320. The fourth-order valence-electron chi connectivity index (χ4n) is 3.02. The molecule has 0 atom stereocenters. The van der Waals surface area contributed by atoms with E-state index in [1.165, 1.54) is 21.3 Å². The molecule has 6 heteroatoms. The number of fused-ring (bicyclic) bond motifs is 3. The van der Waals surface area contributed by atoms with E-state index in [1.54, 1.807) is 7.05 Å². The average Bonchev–Trinajstić information content (AvgIpc) is 3.01. The number of aromatic nitrogens is 2. The zero-order valence-electron chi connectivity index (χ0n) is 12.5. The standard InChI is InChI=1S/C17H15N3O2S/c1-19-17(10-11-18-19)23(21,22)20-12-13-6-2-3-7-14(13)15-8-4-5-9-16(15)20/h2-11H,12H2,1H3. The third kappa shape index (κ3) is 2.06. The molecular formula is C17H15N3O2S. The van der Waals surface area contributed by atoms with Gasteiger partial charge in [0.25, 0.3) is 10.0 Å². The van der Waals surface area contributed by atoms with Gasteiger partial charge in [0.05, 0.1) is 18.4 Å². The third-order valence-electron chi connectivity index (χ3n) is 4.12. The van der Waals surface area contributed by atoms with E-state index in [0.29, 0.717) is 12.2 Å². The van der Waals surface area contributed by atoms with Crippen molar-refractivity contribution in [2.75, 3.05) is 4.31 Å². The van der Waals surface area contributed by atoms with E-state index in [1.807, 2.05) is 48.5 Å². The molecule has 2 heterocycles. The number of rotatable bonds is 2. The topological polar surface area (TPSA) is 55.2 Å². The Morgan fingerprint density at radius 2 is 1.65 bits per heavy atom. The molecule has 4 rings (SSSR count). The molecule has 0 bridgehead atoms. The lowest BCUT2D eigenvalue weighted by Gasteiger charge is -2.31. The number of para-hydroxylation sites is 1. The average molecular weight is 325 g/mol. The van der Waals surface area contributed by atoms with Crippen LogP contribution < -0.4 is 4.31 Å². The van der Waals surface area contributed by atoms with E-state index in [4.69, 9.17) is 0 Å². The second-order valence-corrected chi connectivity index (χ2v) is 7.29. The third-order valence-corrected chi connectivity index (χ3v) is 5.96. The van der Waals surface area contributed by atoms with Crippen molar-refractivity contribution < 1.29 is 8.42 Å². The zero-order valence-corrected chi connectivity index (χ0v) is 13.4. The molecule has 0 saturated carbocycles. The summed E-state index contributed by atoms with van der Waals surface area (Å²) >= 11 is 0. The van der Waals surface area contributed by atoms with Gasteiger partial charge in [-0.2, -0.15) is 13.5 Å². The molecule has 0 fully saturated rings. The van der Waals surface area contributed by atoms with Crippen LogP contribution in [0.4, 0.5) is 5.69 Å². The van der Waals surface area contributed by atoms with E-state index in [0.717, 1.165) is 16.7 Å². The Bertz CT molecular complexity index is 992. The highest BCUT2D eigenvalue weighted by molar-refractivity contribution is 7.92. The van der Waals surface area contributed by atoms with Gasteiger partial charge in [0.15, 0.2) is 5.03 Å². The Morgan fingerprint density at radius 3 is 2.39 bits per heavy atom. The van der Waals surface area contributed by atoms with Crippen molar-refractivity contribution >= 4 is 15.7 Å². The molecule has 0 spiro atoms. The van der Waals surface area contributed by atoms with Gasteiger partial charge in [-0.15, -0.1) is 0 Å². The Hall–Kier alpha value is -2.60. The summed E-state index contributed by atoms with van der Waals surface area (Å²) < 4.78 is 29.1. The second-order valence-electron chi connectivity index (χ2n) is 5.48. The van der Waals surface area contributed by atoms with E-state index in [9.17, 15) is 8.42 Å². The van der Waals surface area contributed by atoms with Gasteiger partial charge in [0, 0.05) is 12.6 Å². The van der Waals surface area contributed by atoms with E-state index < -0.39 is 10.0 Å². The van der Waals surface area contributed by atoms with Crippen LogP contribution in [0, 0.1) is 0 Å². The van der Waals surface area contributed by atoms with Crippen molar-refractivity contribution in [1.82, 2.24) is 9.78 Å². The quantitative estimate of drug-likeness (QED) is 0.728. The molecule has 23 heavy (non-hydrogen) atoms. The predicted octanol–water partition coefficient (Wildman–Crippen LogP) is 2.80. The van der Waals surface area contributed by atoms with Crippen molar-refractivity contribution in [3.63, 3.8) is 0 Å². The molecule has 0 radical (unpaired) electrons. The lowest BCUT2D eigenvalue weighted by Crippen LogP contribution is -2.34. The first kappa shape index (κ1) is 14.0. The highest BCUT2D eigenvalue weighted by Gasteiger charge is 2.32. The smallest absolute Gasteiger partial charge is 0.260 e. The summed E-state index contributed by atoms with van der Waals surface area (Å²) in [7, 11) is -2.04. The van der Waals surface area contributed by atoms with Crippen LogP contribution in [0.25, 0.3) is 11.1 Å². The fourth-order valence-corrected chi connectivity index (χ4v) is 4.59. The van der Waals surface area contributed by atoms with Gasteiger partial charge < -0.3 is 0 Å². The summed E-state index contributed by atoms with van der Waals surface area (Å²) in [5, 5.41) is 4.18. The van der Waals surface area contributed by atoms with Crippen LogP contribution in [-0.2, 0) is 23.6 Å². The van der Waals surface area contributed by atoms with Gasteiger partial charge in [0.2, 0.25) is 0 Å². The van der Waals surface area contributed by atoms with E-state index >= 15 is 0 Å². The van der Waals surface area contributed by atoms with Crippen molar-refractivity contribution in [3.8, 4) is 11.1 Å². The summed E-state index contributed by atoms with van der Waals surface area (Å²) in [6, 6.07) is 17.0. The molecule has 3 aromatic rings. The molecular weight excluding hydrogens is 310 g/mol. The molecule has 0 amide bonds. The summed E-state index contributed by atoms with van der Waals surface area (Å²) in [5.74, 6) is 0. The first-order valence-electron chi connectivity index (χ1n) is 7.27. The molecule has 0 aliphatic carbocycles. The van der Waals surface area contributed by atoms with Crippen molar-refractivity contribution in [3.05, 3.63) is 66.4 Å². The van der Waals surface area contributed by atoms with Gasteiger partial charge >= 0.3 is 0 Å². The summed E-state index contributed by atoms with van der Waals surface area (Å²) in [5.41, 5.74) is 3.71. The maximum absolute atomic E-state index is 13.1. The first-order valence-corrected chi connectivity index (χ1v) is 8.71. The van der Waals surface area contributed by atoms with Crippen molar-refractivity contribution in [2.45, 2.75) is 11.6 Å². The number of hydrogen-bond donors (Lipinski definition) is 0. The van der Waals surface area contributed by atoms with Gasteiger partial charge in [-0.25, -0.2) is 0 Å². The van der Waals surface area contributed by atoms with Crippen LogP contribution in [0.2, 0.25) is 0 Å². The molecule has 116 valence electrons. The lowest BCUT2D eigenvalue weighted by atomic mass is 9.95. The van der Waals surface area contributed by atoms with Crippen LogP contribution in [0.5, 0.6) is 0 Å². The van der Waals surface area contributed by atoms with Crippen LogP contribution in [0.3, 0.4) is 0 Å². The Morgan fingerprint density at radius 1 is 0.957 bits per heavy atom. The molecule has 1 aliphatic heterocycles. The minimum absolute atomic E-state index is 0.187. The lowest BCUT2D eigenvalue weighted by molar-refractivity contribution is 0.571. The van der Waals surface area contributed by atoms with Crippen LogP contribution in [0.1, 0.15) is 5.56 Å². The number of nitrogens with zero attached hydrogens (tertiary/aromatic N) is 3. The number of hydrogen-bond acceptors (Lipinski definition) is 3. The largest absolute Gasteiger partial charge is 0.281 e. The number of aryl methyl sites for hydroxylation is 1. The molecule has 1 aromatic heterocycles. The second kappa shape index (κ2) is 4.96. The van der Waals surface area contributed by atoms with Gasteiger partial charge in [-0.05, 0) is 23.3 Å². The maximum Gasteiger partial charge on any atom is 0.281 e. The SMILES string of the molecule is Cn1nccc1S(=O)(=O)N1Cc2ccccc2-c2ccccc21. The Labute approximate surface area is 134 Å². The molecule has 1 aliphatic rings. The molecule has 2 aromatic carbocycles. The minimum atomic E-state index is -3.67. The van der Waals surface area contributed by atoms with Gasteiger partial charge in [-0.1, -0.05) is 42.5 Å². The van der Waals surface area contributed by atoms with Gasteiger partial charge in [-0.3, -0.25) is 8.99 Å². The van der Waals surface area contributed by atoms with Crippen LogP contribution in [-0.4, -0.2) is 18.2 Å². The molecule has 0 unspecified atom stereocenters. The summed E-state index contributed by atoms with van der Waals surface area (Å²) in [4.78, 5) is 0. The monoisotopic (exact) mass is 325 g/mol. The number of anilines is 1. The van der Waals surface area contributed by atoms with Crippen LogP contribution in [0.15, 0.2) is 65.8 Å². The number of sulfonamides is 1. The Balaban J connectivity index is 1.94. The fraction of sp³-hybridized carbons (Fsp3) is 0.118. The summed E-state index contributed by atoms with van der Waals surface area (Å²) in [6.07, 6.45) is 1.50. The Kier molecular flexibility index (Phi) is 3.02. The van der Waals surface area contributed by atoms with Gasteiger partial charge in [0.1, 0.15) is 0 Å². The minimum Gasteiger partial charge on any atom is -0.260 e. The van der Waals surface area contributed by atoms with E-state index in [-0.39, 0.29) is 5.03 Å². The molecule has 5 nitrogen and oxygen atoms in total. The molecule has 0 saturated heterocycles.